The summed E-state index contributed by atoms with van der Waals surface area (Å²) in [5.41, 5.74) is 0.565. The molecule has 23 heavy (non-hydrogen) atoms. The third-order valence-electron chi connectivity index (χ3n) is 3.41. The van der Waals surface area contributed by atoms with E-state index in [0.717, 1.165) is 0 Å². The Hall–Kier alpha value is -2.76. The molecule has 1 aliphatic heterocycles. The monoisotopic (exact) mass is 317 g/mol. The number of carbonyl (C=O) groups is 1. The summed E-state index contributed by atoms with van der Waals surface area (Å²) in [4.78, 5) is 12.3. The molecule has 5 nitrogen and oxygen atoms in total. The van der Waals surface area contributed by atoms with Crippen LogP contribution < -0.4 is 19.5 Å². The van der Waals surface area contributed by atoms with E-state index in [1.54, 1.807) is 37.3 Å². The molecular weight excluding hydrogens is 301 g/mol. The lowest BCUT2D eigenvalue weighted by atomic mass is 10.2. The van der Waals surface area contributed by atoms with E-state index >= 15 is 0 Å². The van der Waals surface area contributed by atoms with E-state index in [4.69, 9.17) is 14.2 Å². The maximum absolute atomic E-state index is 13.6. The van der Waals surface area contributed by atoms with Crippen LogP contribution in [0.15, 0.2) is 42.5 Å². The van der Waals surface area contributed by atoms with Gasteiger partial charge < -0.3 is 19.5 Å². The molecule has 3 rings (SSSR count). The minimum atomic E-state index is -0.794. The molecule has 0 spiro atoms. The minimum absolute atomic E-state index is 0.0557. The number of para-hydroxylation sites is 1. The molecule has 2 aromatic rings. The molecule has 1 N–H and O–H groups in total. The van der Waals surface area contributed by atoms with E-state index in [-0.39, 0.29) is 18.4 Å². The van der Waals surface area contributed by atoms with E-state index in [0.29, 0.717) is 23.6 Å². The number of halogens is 1. The average molecular weight is 317 g/mol. The van der Waals surface area contributed by atoms with Crippen LogP contribution in [0.4, 0.5) is 10.1 Å². The second-order valence-corrected chi connectivity index (χ2v) is 5.00. The molecule has 120 valence electrons. The molecule has 0 saturated heterocycles. The molecule has 0 fully saturated rings. The maximum Gasteiger partial charge on any atom is 0.265 e. The first kappa shape index (κ1) is 15.1. The molecule has 0 bridgehead atoms. The lowest BCUT2D eigenvalue weighted by Gasteiger charge is -2.17. The molecule has 1 aliphatic rings. The zero-order chi connectivity index (χ0) is 16.2. The summed E-state index contributed by atoms with van der Waals surface area (Å²) in [7, 11) is 0. The van der Waals surface area contributed by atoms with Crippen molar-refractivity contribution in [3.05, 3.63) is 48.3 Å². The Kier molecular flexibility index (Phi) is 4.32. The average Bonchev–Trinajstić information content (AvgIpc) is 3.01. The van der Waals surface area contributed by atoms with Gasteiger partial charge in [0, 0.05) is 11.8 Å². The Balaban J connectivity index is 1.69. The molecule has 2 aromatic carbocycles. The van der Waals surface area contributed by atoms with Crippen molar-refractivity contribution in [2.75, 3.05) is 12.1 Å². The predicted molar refractivity (Wildman–Crippen MR) is 82.3 cm³/mol. The van der Waals surface area contributed by atoms with Gasteiger partial charge in [0.15, 0.2) is 29.2 Å². The maximum atomic E-state index is 13.6. The summed E-state index contributed by atoms with van der Waals surface area (Å²) in [6.07, 6.45) is -0.387. The number of anilines is 1. The number of fused-ring (bicyclic) bond motifs is 1. The summed E-state index contributed by atoms with van der Waals surface area (Å²) in [6.45, 7) is 1.96. The lowest BCUT2D eigenvalue weighted by molar-refractivity contribution is -0.122. The number of rotatable bonds is 5. The van der Waals surface area contributed by atoms with Gasteiger partial charge in [-0.3, -0.25) is 4.79 Å². The van der Waals surface area contributed by atoms with Gasteiger partial charge in [0.05, 0.1) is 0 Å². The second kappa shape index (κ2) is 6.56. The molecular formula is C17H16FNO4. The van der Waals surface area contributed by atoms with Crippen molar-refractivity contribution in [1.29, 1.82) is 0 Å². The van der Waals surface area contributed by atoms with Crippen molar-refractivity contribution in [3.8, 4) is 17.2 Å². The highest BCUT2D eigenvalue weighted by Crippen LogP contribution is 2.34. The van der Waals surface area contributed by atoms with Crippen LogP contribution in [0.25, 0.3) is 0 Å². The standard InChI is InChI=1S/C17H16FNO4/c1-2-13(23-14-6-4-3-5-12(14)18)17(20)19-11-7-8-15-16(9-11)22-10-21-15/h3-9,13H,2,10H2,1H3,(H,19,20). The first-order valence-electron chi connectivity index (χ1n) is 7.29. The molecule has 1 heterocycles. The number of carbonyl (C=O) groups excluding carboxylic acids is 1. The van der Waals surface area contributed by atoms with Gasteiger partial charge in [-0.05, 0) is 30.7 Å². The van der Waals surface area contributed by atoms with Gasteiger partial charge in [-0.25, -0.2) is 4.39 Å². The topological polar surface area (TPSA) is 56.8 Å². The van der Waals surface area contributed by atoms with Crippen LogP contribution in [0.5, 0.6) is 17.2 Å². The van der Waals surface area contributed by atoms with E-state index in [1.165, 1.54) is 12.1 Å². The minimum Gasteiger partial charge on any atom is -0.478 e. The summed E-state index contributed by atoms with van der Waals surface area (Å²) in [5, 5.41) is 2.74. The fourth-order valence-corrected chi connectivity index (χ4v) is 2.21. The van der Waals surface area contributed by atoms with Crippen LogP contribution in [0.3, 0.4) is 0 Å². The van der Waals surface area contributed by atoms with Crippen LogP contribution in [-0.2, 0) is 4.79 Å². The van der Waals surface area contributed by atoms with Gasteiger partial charge in [-0.1, -0.05) is 19.1 Å². The summed E-state index contributed by atoms with van der Waals surface area (Å²) < 4.78 is 29.6. The number of amides is 1. The van der Waals surface area contributed by atoms with Gasteiger partial charge in [0.1, 0.15) is 0 Å². The summed E-state index contributed by atoms with van der Waals surface area (Å²) in [6, 6.07) is 11.1. The van der Waals surface area contributed by atoms with Crippen LogP contribution in [-0.4, -0.2) is 18.8 Å². The first-order chi connectivity index (χ1) is 11.2. The van der Waals surface area contributed by atoms with Crippen molar-refractivity contribution >= 4 is 11.6 Å². The first-order valence-corrected chi connectivity index (χ1v) is 7.29. The summed E-state index contributed by atoms with van der Waals surface area (Å²) in [5.74, 6) is 0.417. The number of ether oxygens (including phenoxy) is 3. The number of hydrogen-bond donors (Lipinski definition) is 1. The van der Waals surface area contributed by atoms with Gasteiger partial charge >= 0.3 is 0 Å². The van der Waals surface area contributed by atoms with Gasteiger partial charge in [-0.15, -0.1) is 0 Å². The Bertz CT molecular complexity index is 719. The molecule has 1 unspecified atom stereocenters. The molecule has 0 radical (unpaired) electrons. The van der Waals surface area contributed by atoms with Crippen molar-refractivity contribution in [2.45, 2.75) is 19.4 Å². The van der Waals surface area contributed by atoms with Gasteiger partial charge in [0.2, 0.25) is 6.79 Å². The van der Waals surface area contributed by atoms with Crippen molar-refractivity contribution < 1.29 is 23.4 Å². The normalized spacial score (nSPS) is 13.5. The molecule has 0 saturated carbocycles. The number of nitrogens with one attached hydrogen (secondary N) is 1. The third kappa shape index (κ3) is 3.36. The predicted octanol–water partition coefficient (Wildman–Crippen LogP) is 3.35. The zero-order valence-electron chi connectivity index (χ0n) is 12.5. The second-order valence-electron chi connectivity index (χ2n) is 5.00. The molecule has 0 aliphatic carbocycles. The van der Waals surface area contributed by atoms with Crippen LogP contribution in [0.2, 0.25) is 0 Å². The number of hydrogen-bond acceptors (Lipinski definition) is 4. The van der Waals surface area contributed by atoms with Crippen LogP contribution in [0.1, 0.15) is 13.3 Å². The lowest BCUT2D eigenvalue weighted by Crippen LogP contribution is -2.32. The fourth-order valence-electron chi connectivity index (χ4n) is 2.21. The van der Waals surface area contributed by atoms with Crippen molar-refractivity contribution in [2.24, 2.45) is 0 Å². The van der Waals surface area contributed by atoms with E-state index in [1.807, 2.05) is 0 Å². The Labute approximate surface area is 133 Å². The van der Waals surface area contributed by atoms with E-state index in [9.17, 15) is 9.18 Å². The largest absolute Gasteiger partial charge is 0.478 e. The van der Waals surface area contributed by atoms with E-state index < -0.39 is 11.9 Å². The van der Waals surface area contributed by atoms with E-state index in [2.05, 4.69) is 5.32 Å². The fraction of sp³-hybridized carbons (Fsp3) is 0.235. The third-order valence-corrected chi connectivity index (χ3v) is 3.41. The van der Waals surface area contributed by atoms with Gasteiger partial charge in [0.25, 0.3) is 5.91 Å². The van der Waals surface area contributed by atoms with Crippen LogP contribution >= 0.6 is 0 Å². The van der Waals surface area contributed by atoms with Crippen molar-refractivity contribution in [1.82, 2.24) is 0 Å². The van der Waals surface area contributed by atoms with Gasteiger partial charge in [-0.2, -0.15) is 0 Å². The highest BCUT2D eigenvalue weighted by molar-refractivity contribution is 5.94. The van der Waals surface area contributed by atoms with Crippen molar-refractivity contribution in [3.63, 3.8) is 0 Å². The zero-order valence-corrected chi connectivity index (χ0v) is 12.5. The molecule has 1 atom stereocenters. The highest BCUT2D eigenvalue weighted by Gasteiger charge is 2.21. The summed E-state index contributed by atoms with van der Waals surface area (Å²) >= 11 is 0. The quantitative estimate of drug-likeness (QED) is 0.919. The van der Waals surface area contributed by atoms with Crippen LogP contribution in [0, 0.1) is 5.82 Å². The smallest absolute Gasteiger partial charge is 0.265 e. The number of benzene rings is 2. The Morgan fingerprint density at radius 2 is 2.04 bits per heavy atom. The Morgan fingerprint density at radius 1 is 1.26 bits per heavy atom. The molecule has 1 amide bonds. The SMILES string of the molecule is CCC(Oc1ccccc1F)C(=O)Nc1ccc2c(c1)OCO2. The Morgan fingerprint density at radius 3 is 2.83 bits per heavy atom. The molecule has 0 aromatic heterocycles. The highest BCUT2D eigenvalue weighted by atomic mass is 19.1. The molecule has 6 heteroatoms.